The highest BCUT2D eigenvalue weighted by Crippen LogP contribution is 2.38. The third-order valence-electron chi connectivity index (χ3n) is 3.92. The summed E-state index contributed by atoms with van der Waals surface area (Å²) in [6.45, 7) is 0. The summed E-state index contributed by atoms with van der Waals surface area (Å²) in [5, 5.41) is 0. The van der Waals surface area contributed by atoms with Gasteiger partial charge < -0.3 is 4.74 Å². The van der Waals surface area contributed by atoms with Gasteiger partial charge >= 0.3 is 12.1 Å². The van der Waals surface area contributed by atoms with Crippen LogP contribution in [0, 0.1) is 5.92 Å². The molecular formula is C15H17F3O2. The minimum atomic E-state index is -4.31. The van der Waals surface area contributed by atoms with Gasteiger partial charge in [-0.1, -0.05) is 18.6 Å². The fraction of sp³-hybridized carbons (Fsp3) is 0.533. The van der Waals surface area contributed by atoms with E-state index in [-0.39, 0.29) is 17.8 Å². The Kier molecular flexibility index (Phi) is 4.35. The zero-order valence-electron chi connectivity index (χ0n) is 11.2. The van der Waals surface area contributed by atoms with E-state index in [1.54, 1.807) is 0 Å². The first kappa shape index (κ1) is 14.9. The maximum absolute atomic E-state index is 12.5. The number of ether oxygens (including phenoxy) is 1. The highest BCUT2D eigenvalue weighted by atomic mass is 19.4. The van der Waals surface area contributed by atoms with Crippen molar-refractivity contribution in [2.75, 3.05) is 7.11 Å². The van der Waals surface area contributed by atoms with E-state index in [9.17, 15) is 18.0 Å². The lowest BCUT2D eigenvalue weighted by Crippen LogP contribution is -2.23. The zero-order valence-corrected chi connectivity index (χ0v) is 11.2. The molecule has 1 aliphatic rings. The van der Waals surface area contributed by atoms with Gasteiger partial charge in [0.1, 0.15) is 0 Å². The Morgan fingerprint density at radius 2 is 1.85 bits per heavy atom. The van der Waals surface area contributed by atoms with Crippen molar-refractivity contribution in [3.8, 4) is 0 Å². The molecule has 20 heavy (non-hydrogen) atoms. The van der Waals surface area contributed by atoms with Crippen molar-refractivity contribution >= 4 is 5.97 Å². The Labute approximate surface area is 115 Å². The number of benzene rings is 1. The van der Waals surface area contributed by atoms with Crippen LogP contribution in [0.25, 0.3) is 0 Å². The van der Waals surface area contributed by atoms with E-state index in [0.717, 1.165) is 37.0 Å². The standard InChI is InChI=1S/C15H17F3O2/c1-20-14(19)12-4-2-3-11(9-12)10-5-7-13(8-6-10)15(16,17)18/h5-8,11-12H,2-4,9H2,1H3. The number of alkyl halides is 3. The molecule has 0 bridgehead atoms. The van der Waals surface area contributed by atoms with Crippen LogP contribution in [0.3, 0.4) is 0 Å². The maximum Gasteiger partial charge on any atom is 0.416 e. The topological polar surface area (TPSA) is 26.3 Å². The molecule has 0 amide bonds. The van der Waals surface area contributed by atoms with Gasteiger partial charge in [-0.25, -0.2) is 0 Å². The zero-order chi connectivity index (χ0) is 14.8. The molecule has 110 valence electrons. The van der Waals surface area contributed by atoms with Gasteiger partial charge in [0.25, 0.3) is 0 Å². The highest BCUT2D eigenvalue weighted by molar-refractivity contribution is 5.72. The van der Waals surface area contributed by atoms with Crippen molar-refractivity contribution in [1.29, 1.82) is 0 Å². The number of esters is 1. The van der Waals surface area contributed by atoms with Crippen molar-refractivity contribution in [1.82, 2.24) is 0 Å². The molecule has 2 unspecified atom stereocenters. The quantitative estimate of drug-likeness (QED) is 0.763. The summed E-state index contributed by atoms with van der Waals surface area (Å²) in [7, 11) is 1.37. The summed E-state index contributed by atoms with van der Waals surface area (Å²) in [4.78, 5) is 11.6. The van der Waals surface area contributed by atoms with E-state index in [0.29, 0.717) is 6.42 Å². The third kappa shape index (κ3) is 3.32. The second-order valence-electron chi connectivity index (χ2n) is 5.20. The Balaban J connectivity index is 2.09. The minimum Gasteiger partial charge on any atom is -0.469 e. The van der Waals surface area contributed by atoms with Crippen LogP contribution in [0.15, 0.2) is 24.3 Å². The van der Waals surface area contributed by atoms with Gasteiger partial charge in [0.15, 0.2) is 0 Å². The van der Waals surface area contributed by atoms with Gasteiger partial charge in [-0.3, -0.25) is 4.79 Å². The van der Waals surface area contributed by atoms with Crippen molar-refractivity contribution < 1.29 is 22.7 Å². The first-order valence-corrected chi connectivity index (χ1v) is 6.67. The monoisotopic (exact) mass is 286 g/mol. The highest BCUT2D eigenvalue weighted by Gasteiger charge is 2.32. The number of halogens is 3. The van der Waals surface area contributed by atoms with Crippen molar-refractivity contribution in [3.63, 3.8) is 0 Å². The first-order valence-electron chi connectivity index (χ1n) is 6.67. The number of carbonyl (C=O) groups excluding carboxylic acids is 1. The van der Waals surface area contributed by atoms with Crippen molar-refractivity contribution in [2.24, 2.45) is 5.92 Å². The molecule has 1 aliphatic carbocycles. The summed E-state index contributed by atoms with van der Waals surface area (Å²) in [5.41, 5.74) is 0.230. The van der Waals surface area contributed by atoms with E-state index in [1.807, 2.05) is 0 Å². The number of methoxy groups -OCH3 is 1. The van der Waals surface area contributed by atoms with Crippen molar-refractivity contribution in [3.05, 3.63) is 35.4 Å². The van der Waals surface area contributed by atoms with Gasteiger partial charge in [0, 0.05) is 0 Å². The van der Waals surface area contributed by atoms with Gasteiger partial charge in [0.2, 0.25) is 0 Å². The van der Waals surface area contributed by atoms with Gasteiger partial charge in [-0.05, 0) is 42.9 Å². The fourth-order valence-corrected chi connectivity index (χ4v) is 2.82. The summed E-state index contributed by atoms with van der Waals surface area (Å²) in [5.74, 6) is -0.224. The summed E-state index contributed by atoms with van der Waals surface area (Å²) in [6, 6.07) is 5.26. The molecule has 0 heterocycles. The molecule has 0 saturated heterocycles. The van der Waals surface area contributed by atoms with Crippen LogP contribution in [0.2, 0.25) is 0 Å². The molecule has 0 aromatic heterocycles. The fourth-order valence-electron chi connectivity index (χ4n) is 2.82. The Morgan fingerprint density at radius 3 is 2.40 bits per heavy atom. The third-order valence-corrected chi connectivity index (χ3v) is 3.92. The molecule has 2 atom stereocenters. The predicted molar refractivity (Wildman–Crippen MR) is 68.2 cm³/mol. The van der Waals surface area contributed by atoms with Crippen LogP contribution in [-0.4, -0.2) is 13.1 Å². The van der Waals surface area contributed by atoms with Gasteiger partial charge in [-0.15, -0.1) is 0 Å². The van der Waals surface area contributed by atoms with E-state index < -0.39 is 11.7 Å². The molecule has 0 spiro atoms. The lowest BCUT2D eigenvalue weighted by atomic mass is 9.78. The normalized spacial score (nSPS) is 23.4. The van der Waals surface area contributed by atoms with Crippen LogP contribution in [0.4, 0.5) is 13.2 Å². The summed E-state index contributed by atoms with van der Waals surface area (Å²) in [6.07, 6.45) is -1.06. The Bertz CT molecular complexity index is 465. The van der Waals surface area contributed by atoms with Crippen LogP contribution in [-0.2, 0) is 15.7 Å². The van der Waals surface area contributed by atoms with Gasteiger partial charge in [-0.2, -0.15) is 13.2 Å². The first-order chi connectivity index (χ1) is 9.41. The van der Waals surface area contributed by atoms with Crippen LogP contribution >= 0.6 is 0 Å². The van der Waals surface area contributed by atoms with Crippen LogP contribution in [0.1, 0.15) is 42.7 Å². The maximum atomic E-state index is 12.5. The number of carbonyl (C=O) groups is 1. The van der Waals surface area contributed by atoms with Gasteiger partial charge in [0.05, 0.1) is 18.6 Å². The molecule has 5 heteroatoms. The second-order valence-corrected chi connectivity index (χ2v) is 5.20. The van der Waals surface area contributed by atoms with Crippen molar-refractivity contribution in [2.45, 2.75) is 37.8 Å². The van der Waals surface area contributed by atoms with Crippen LogP contribution < -0.4 is 0 Å². The largest absolute Gasteiger partial charge is 0.469 e. The molecule has 1 saturated carbocycles. The number of hydrogen-bond acceptors (Lipinski definition) is 2. The molecule has 0 N–H and O–H groups in total. The number of hydrogen-bond donors (Lipinski definition) is 0. The second kappa shape index (κ2) is 5.85. The van der Waals surface area contributed by atoms with E-state index in [1.165, 1.54) is 19.2 Å². The molecule has 1 aromatic rings. The molecule has 2 rings (SSSR count). The minimum absolute atomic E-state index is 0.134. The van der Waals surface area contributed by atoms with E-state index >= 15 is 0 Å². The summed E-state index contributed by atoms with van der Waals surface area (Å²) >= 11 is 0. The Hall–Kier alpha value is -1.52. The molecule has 2 nitrogen and oxygen atoms in total. The Morgan fingerprint density at radius 1 is 1.20 bits per heavy atom. The van der Waals surface area contributed by atoms with Crippen LogP contribution in [0.5, 0.6) is 0 Å². The lowest BCUT2D eigenvalue weighted by molar-refractivity contribution is -0.146. The molecular weight excluding hydrogens is 269 g/mol. The smallest absolute Gasteiger partial charge is 0.416 e. The average Bonchev–Trinajstić information content (AvgIpc) is 2.46. The number of rotatable bonds is 2. The summed E-state index contributed by atoms with van der Waals surface area (Å²) < 4.78 is 42.3. The predicted octanol–water partition coefficient (Wildman–Crippen LogP) is 4.15. The van der Waals surface area contributed by atoms with E-state index in [2.05, 4.69) is 0 Å². The lowest BCUT2D eigenvalue weighted by Gasteiger charge is -2.27. The van der Waals surface area contributed by atoms with E-state index in [4.69, 9.17) is 4.74 Å². The molecule has 0 radical (unpaired) electrons. The molecule has 1 fully saturated rings. The molecule has 1 aromatic carbocycles. The average molecular weight is 286 g/mol. The SMILES string of the molecule is COC(=O)C1CCCC(c2ccc(C(F)(F)F)cc2)C1. The molecule has 0 aliphatic heterocycles.